The van der Waals surface area contributed by atoms with Gasteiger partial charge < -0.3 is 11.1 Å². The van der Waals surface area contributed by atoms with Crippen LogP contribution in [0.1, 0.15) is 52.9 Å². The summed E-state index contributed by atoms with van der Waals surface area (Å²) in [6.07, 6.45) is 4.75. The zero-order valence-electron chi connectivity index (χ0n) is 9.52. The molecule has 0 aliphatic heterocycles. The molecule has 1 aliphatic carbocycles. The predicted molar refractivity (Wildman–Crippen MR) is 57.9 cm³/mol. The number of nitrogens with one attached hydrogen (secondary N) is 1. The molecule has 1 saturated carbocycles. The van der Waals surface area contributed by atoms with E-state index in [-0.39, 0.29) is 17.0 Å². The summed E-state index contributed by atoms with van der Waals surface area (Å²) in [6.45, 7) is 6.01. The van der Waals surface area contributed by atoms with Crippen LogP contribution >= 0.6 is 0 Å². The maximum atomic E-state index is 11.5. The fourth-order valence-corrected chi connectivity index (χ4v) is 1.67. The summed E-state index contributed by atoms with van der Waals surface area (Å²) in [5.74, 6) is 0.144. The van der Waals surface area contributed by atoms with Crippen molar-refractivity contribution in [1.82, 2.24) is 5.32 Å². The zero-order valence-corrected chi connectivity index (χ0v) is 9.52. The van der Waals surface area contributed by atoms with Gasteiger partial charge in [-0.15, -0.1) is 0 Å². The lowest BCUT2D eigenvalue weighted by Crippen LogP contribution is -2.51. The molecule has 0 aromatic carbocycles. The minimum atomic E-state index is -0.238. The lowest BCUT2D eigenvalue weighted by atomic mass is 9.78. The molecule has 0 radical (unpaired) electrons. The average Bonchev–Trinajstić information content (AvgIpc) is 1.97. The van der Waals surface area contributed by atoms with Crippen molar-refractivity contribution in [3.8, 4) is 0 Å². The summed E-state index contributed by atoms with van der Waals surface area (Å²) in [6, 6.07) is 0. The van der Waals surface area contributed by atoms with Gasteiger partial charge in [-0.2, -0.15) is 0 Å². The molecule has 1 aliphatic rings. The van der Waals surface area contributed by atoms with E-state index in [0.717, 1.165) is 19.3 Å². The number of amides is 1. The van der Waals surface area contributed by atoms with Crippen LogP contribution in [0.15, 0.2) is 0 Å². The van der Waals surface area contributed by atoms with E-state index in [0.29, 0.717) is 6.42 Å². The highest BCUT2D eigenvalue weighted by Crippen LogP contribution is 2.30. The van der Waals surface area contributed by atoms with Gasteiger partial charge in [-0.1, -0.05) is 0 Å². The molecule has 0 spiro atoms. The van der Waals surface area contributed by atoms with Gasteiger partial charge >= 0.3 is 0 Å². The summed E-state index contributed by atoms with van der Waals surface area (Å²) < 4.78 is 0. The Hall–Kier alpha value is -0.570. The van der Waals surface area contributed by atoms with Crippen molar-refractivity contribution in [3.05, 3.63) is 0 Å². The van der Waals surface area contributed by atoms with Crippen LogP contribution in [0, 0.1) is 0 Å². The molecular weight excluding hydrogens is 176 g/mol. The standard InChI is InChI=1S/C11H22N2O/c1-10(2,12)8-5-9(14)13-11(3)6-4-7-11/h4-8,12H2,1-3H3,(H,13,14). The van der Waals surface area contributed by atoms with Crippen molar-refractivity contribution in [2.45, 2.75) is 64.0 Å². The monoisotopic (exact) mass is 198 g/mol. The first kappa shape index (κ1) is 11.5. The Morgan fingerprint density at radius 1 is 1.50 bits per heavy atom. The molecule has 0 aromatic heterocycles. The van der Waals surface area contributed by atoms with Gasteiger partial charge in [0.15, 0.2) is 0 Å². The Labute approximate surface area is 86.4 Å². The summed E-state index contributed by atoms with van der Waals surface area (Å²) in [4.78, 5) is 11.5. The van der Waals surface area contributed by atoms with Crippen LogP contribution in [-0.4, -0.2) is 17.0 Å². The molecule has 3 heteroatoms. The van der Waals surface area contributed by atoms with Crippen molar-refractivity contribution >= 4 is 5.91 Å². The van der Waals surface area contributed by atoms with Gasteiger partial charge in [0, 0.05) is 17.5 Å². The second-order valence-corrected chi connectivity index (χ2v) is 5.45. The van der Waals surface area contributed by atoms with Crippen molar-refractivity contribution in [3.63, 3.8) is 0 Å². The fourth-order valence-electron chi connectivity index (χ4n) is 1.67. The predicted octanol–water partition coefficient (Wildman–Crippen LogP) is 1.56. The molecule has 3 nitrogen and oxygen atoms in total. The third-order valence-electron chi connectivity index (χ3n) is 2.89. The van der Waals surface area contributed by atoms with Gasteiger partial charge in [0.1, 0.15) is 0 Å². The Bertz CT molecular complexity index is 214. The van der Waals surface area contributed by atoms with Crippen molar-refractivity contribution in [2.75, 3.05) is 0 Å². The zero-order chi connectivity index (χ0) is 10.8. The van der Waals surface area contributed by atoms with Gasteiger partial charge in [0.05, 0.1) is 0 Å². The highest BCUT2D eigenvalue weighted by atomic mass is 16.1. The second-order valence-electron chi connectivity index (χ2n) is 5.45. The van der Waals surface area contributed by atoms with Crippen molar-refractivity contribution in [1.29, 1.82) is 0 Å². The highest BCUT2D eigenvalue weighted by molar-refractivity contribution is 5.76. The number of rotatable bonds is 4. The molecule has 82 valence electrons. The lowest BCUT2D eigenvalue weighted by Gasteiger charge is -2.39. The highest BCUT2D eigenvalue weighted by Gasteiger charge is 2.33. The van der Waals surface area contributed by atoms with Crippen LogP contribution in [0.3, 0.4) is 0 Å². The summed E-state index contributed by atoms with van der Waals surface area (Å²) in [5, 5.41) is 3.07. The van der Waals surface area contributed by atoms with Crippen molar-refractivity contribution < 1.29 is 4.79 Å². The maximum absolute atomic E-state index is 11.5. The summed E-state index contributed by atoms with van der Waals surface area (Å²) in [7, 11) is 0. The van der Waals surface area contributed by atoms with E-state index in [1.54, 1.807) is 0 Å². The first-order valence-electron chi connectivity index (χ1n) is 5.41. The molecule has 1 rings (SSSR count). The van der Waals surface area contributed by atoms with E-state index in [4.69, 9.17) is 5.73 Å². The van der Waals surface area contributed by atoms with Gasteiger partial charge in [-0.25, -0.2) is 0 Å². The summed E-state index contributed by atoms with van der Waals surface area (Å²) >= 11 is 0. The molecule has 14 heavy (non-hydrogen) atoms. The van der Waals surface area contributed by atoms with Crippen molar-refractivity contribution in [2.24, 2.45) is 5.73 Å². The number of hydrogen-bond donors (Lipinski definition) is 2. The second kappa shape index (κ2) is 3.89. The van der Waals surface area contributed by atoms with E-state index in [1.807, 2.05) is 13.8 Å². The molecule has 1 fully saturated rings. The van der Waals surface area contributed by atoms with E-state index in [1.165, 1.54) is 6.42 Å². The largest absolute Gasteiger partial charge is 0.351 e. The van der Waals surface area contributed by atoms with E-state index < -0.39 is 0 Å². The third-order valence-corrected chi connectivity index (χ3v) is 2.89. The normalized spacial score (nSPS) is 20.0. The van der Waals surface area contributed by atoms with Gasteiger partial charge in [0.25, 0.3) is 0 Å². The fraction of sp³-hybridized carbons (Fsp3) is 0.909. The Morgan fingerprint density at radius 3 is 2.43 bits per heavy atom. The third kappa shape index (κ3) is 3.66. The van der Waals surface area contributed by atoms with Gasteiger partial charge in [0.2, 0.25) is 5.91 Å². The van der Waals surface area contributed by atoms with Gasteiger partial charge in [-0.3, -0.25) is 4.79 Å². The number of nitrogens with two attached hydrogens (primary N) is 1. The molecule has 0 heterocycles. The lowest BCUT2D eigenvalue weighted by molar-refractivity contribution is -0.124. The molecule has 1 amide bonds. The molecule has 0 atom stereocenters. The molecule has 0 unspecified atom stereocenters. The number of carbonyl (C=O) groups is 1. The molecule has 0 saturated heterocycles. The van der Waals surface area contributed by atoms with Crippen LogP contribution in [0.5, 0.6) is 0 Å². The number of carbonyl (C=O) groups excluding carboxylic acids is 1. The minimum absolute atomic E-state index is 0.0792. The topological polar surface area (TPSA) is 55.1 Å². The Balaban J connectivity index is 2.22. The van der Waals surface area contributed by atoms with Crippen LogP contribution in [0.4, 0.5) is 0 Å². The van der Waals surface area contributed by atoms with Crippen LogP contribution in [-0.2, 0) is 4.79 Å². The van der Waals surface area contributed by atoms with E-state index >= 15 is 0 Å². The average molecular weight is 198 g/mol. The molecule has 0 aromatic rings. The van der Waals surface area contributed by atoms with Crippen LogP contribution < -0.4 is 11.1 Å². The first-order valence-corrected chi connectivity index (χ1v) is 5.41. The van der Waals surface area contributed by atoms with Gasteiger partial charge in [-0.05, 0) is 46.5 Å². The molecule has 0 bridgehead atoms. The smallest absolute Gasteiger partial charge is 0.220 e. The quantitative estimate of drug-likeness (QED) is 0.720. The SMILES string of the molecule is CC(C)(N)CCC(=O)NC1(C)CCC1. The molecular formula is C11H22N2O. The molecule has 3 N–H and O–H groups in total. The minimum Gasteiger partial charge on any atom is -0.351 e. The maximum Gasteiger partial charge on any atom is 0.220 e. The Kier molecular flexibility index (Phi) is 3.20. The number of hydrogen-bond acceptors (Lipinski definition) is 2. The Morgan fingerprint density at radius 2 is 2.07 bits per heavy atom. The van der Waals surface area contributed by atoms with Crippen LogP contribution in [0.2, 0.25) is 0 Å². The van der Waals surface area contributed by atoms with E-state index in [2.05, 4.69) is 12.2 Å². The van der Waals surface area contributed by atoms with Crippen LogP contribution in [0.25, 0.3) is 0 Å². The summed E-state index contributed by atoms with van der Waals surface area (Å²) in [5.41, 5.74) is 5.65. The van der Waals surface area contributed by atoms with E-state index in [9.17, 15) is 4.79 Å². The first-order chi connectivity index (χ1) is 6.31.